The van der Waals surface area contributed by atoms with Gasteiger partial charge >= 0.3 is 6.18 Å². The van der Waals surface area contributed by atoms with Crippen molar-refractivity contribution in [2.45, 2.75) is 6.18 Å². The van der Waals surface area contributed by atoms with Gasteiger partial charge in [-0.05, 0) is 28.1 Å². The van der Waals surface area contributed by atoms with Crippen LogP contribution >= 0.6 is 15.9 Å². The zero-order valence-electron chi connectivity index (χ0n) is 6.12. The lowest BCUT2D eigenvalue weighted by Crippen LogP contribution is -2.09. The van der Waals surface area contributed by atoms with Gasteiger partial charge in [0.25, 0.3) is 0 Å². The summed E-state index contributed by atoms with van der Waals surface area (Å²) in [5, 5.41) is 0. The molecule has 13 heavy (non-hydrogen) atoms. The molecular weight excluding hydrogens is 254 g/mol. The van der Waals surface area contributed by atoms with Gasteiger partial charge in [0.15, 0.2) is 0 Å². The van der Waals surface area contributed by atoms with Crippen molar-refractivity contribution in [3.8, 4) is 0 Å². The van der Waals surface area contributed by atoms with Crippen LogP contribution in [0.3, 0.4) is 0 Å². The predicted octanol–water partition coefficient (Wildman–Crippen LogP) is 3.19. The van der Waals surface area contributed by atoms with Crippen molar-refractivity contribution >= 4 is 21.6 Å². The van der Waals surface area contributed by atoms with E-state index in [0.717, 1.165) is 0 Å². The fraction of sp³-hybridized carbons (Fsp3) is 0.143. The Bertz CT molecular complexity index is 334. The van der Waals surface area contributed by atoms with E-state index in [-0.39, 0.29) is 4.47 Å². The molecule has 0 unspecified atom stereocenters. The molecule has 1 aromatic carbocycles. The maximum Gasteiger partial charge on any atom is 0.418 e. The summed E-state index contributed by atoms with van der Waals surface area (Å²) >= 11 is 2.62. The minimum atomic E-state index is -4.56. The molecule has 0 amide bonds. The van der Waals surface area contributed by atoms with Crippen LogP contribution in [0.5, 0.6) is 0 Å². The number of nitrogen functional groups attached to an aromatic ring is 1. The lowest BCUT2D eigenvalue weighted by molar-refractivity contribution is -0.137. The van der Waals surface area contributed by atoms with Crippen LogP contribution < -0.4 is 5.73 Å². The minimum Gasteiger partial charge on any atom is -0.397 e. The van der Waals surface area contributed by atoms with E-state index >= 15 is 0 Å². The number of halogens is 5. The lowest BCUT2D eigenvalue weighted by Gasteiger charge is -2.10. The molecule has 72 valence electrons. The average molecular weight is 258 g/mol. The smallest absolute Gasteiger partial charge is 0.397 e. The van der Waals surface area contributed by atoms with Crippen LogP contribution in [0.2, 0.25) is 0 Å². The number of benzene rings is 1. The van der Waals surface area contributed by atoms with Crippen molar-refractivity contribution in [2.24, 2.45) is 0 Å². The van der Waals surface area contributed by atoms with Gasteiger partial charge in [-0.25, -0.2) is 4.39 Å². The van der Waals surface area contributed by atoms with Gasteiger partial charge in [-0.3, -0.25) is 0 Å². The quantitative estimate of drug-likeness (QED) is 0.561. The first-order valence-corrected chi connectivity index (χ1v) is 3.94. The van der Waals surface area contributed by atoms with Crippen LogP contribution in [0, 0.1) is 5.82 Å². The number of rotatable bonds is 0. The molecule has 0 fully saturated rings. The summed E-state index contributed by atoms with van der Waals surface area (Å²) in [6, 6.07) is 1.32. The number of hydrogen-bond donors (Lipinski definition) is 1. The summed E-state index contributed by atoms with van der Waals surface area (Å²) in [5.41, 5.74) is 3.39. The highest BCUT2D eigenvalue weighted by atomic mass is 79.9. The summed E-state index contributed by atoms with van der Waals surface area (Å²) in [4.78, 5) is 0. The Morgan fingerprint density at radius 2 is 1.77 bits per heavy atom. The van der Waals surface area contributed by atoms with Crippen molar-refractivity contribution in [1.29, 1.82) is 0 Å². The maximum absolute atomic E-state index is 12.7. The van der Waals surface area contributed by atoms with Crippen molar-refractivity contribution < 1.29 is 17.6 Å². The molecule has 0 saturated heterocycles. The molecule has 0 spiro atoms. The molecule has 0 bridgehead atoms. The molecule has 2 N–H and O–H groups in total. The van der Waals surface area contributed by atoms with E-state index in [2.05, 4.69) is 15.9 Å². The van der Waals surface area contributed by atoms with E-state index < -0.39 is 23.2 Å². The fourth-order valence-electron chi connectivity index (χ4n) is 0.814. The zero-order chi connectivity index (χ0) is 10.2. The van der Waals surface area contributed by atoms with Crippen LogP contribution in [-0.4, -0.2) is 0 Å². The molecular formula is C7H4BrF4N. The Kier molecular flexibility index (Phi) is 2.51. The fourth-order valence-corrected chi connectivity index (χ4v) is 1.16. The Labute approximate surface area is 79.7 Å². The topological polar surface area (TPSA) is 26.0 Å². The van der Waals surface area contributed by atoms with Crippen molar-refractivity contribution in [3.05, 3.63) is 28.0 Å². The van der Waals surface area contributed by atoms with E-state index in [4.69, 9.17) is 5.73 Å². The average Bonchev–Trinajstić information content (AvgIpc) is 1.98. The third kappa shape index (κ3) is 1.93. The first-order valence-electron chi connectivity index (χ1n) is 3.14. The summed E-state index contributed by atoms with van der Waals surface area (Å²) < 4.78 is 48.7. The van der Waals surface area contributed by atoms with Gasteiger partial charge in [0.05, 0.1) is 15.7 Å². The summed E-state index contributed by atoms with van der Waals surface area (Å²) in [6.45, 7) is 0. The van der Waals surface area contributed by atoms with Crippen LogP contribution in [0.4, 0.5) is 23.2 Å². The Hall–Kier alpha value is -0.780. The largest absolute Gasteiger partial charge is 0.418 e. The standard InChI is InChI=1S/C7H4BrF4N/c8-5-4(9)2-1-3(6(5)13)7(10,11)12/h1-2H,13H2. The molecule has 6 heteroatoms. The monoisotopic (exact) mass is 257 g/mol. The van der Waals surface area contributed by atoms with Gasteiger partial charge in [0.1, 0.15) is 5.82 Å². The third-order valence-electron chi connectivity index (χ3n) is 1.44. The molecule has 1 rings (SSSR count). The molecule has 0 aromatic heterocycles. The predicted molar refractivity (Wildman–Crippen MR) is 43.5 cm³/mol. The number of anilines is 1. The molecule has 1 aromatic rings. The van der Waals surface area contributed by atoms with Crippen LogP contribution in [-0.2, 0) is 6.18 Å². The summed E-state index contributed by atoms with van der Waals surface area (Å²) in [7, 11) is 0. The summed E-state index contributed by atoms with van der Waals surface area (Å²) in [5.74, 6) is -0.814. The maximum atomic E-state index is 12.7. The second-order valence-corrected chi connectivity index (χ2v) is 3.11. The Balaban J connectivity index is 3.35. The van der Waals surface area contributed by atoms with Crippen molar-refractivity contribution in [1.82, 2.24) is 0 Å². The first kappa shape index (κ1) is 10.3. The molecule has 0 radical (unpaired) electrons. The van der Waals surface area contributed by atoms with Crippen LogP contribution in [0.25, 0.3) is 0 Å². The molecule has 0 aliphatic carbocycles. The molecule has 0 aliphatic heterocycles. The van der Waals surface area contributed by atoms with Gasteiger partial charge in [0.2, 0.25) is 0 Å². The lowest BCUT2D eigenvalue weighted by atomic mass is 10.2. The second-order valence-electron chi connectivity index (χ2n) is 2.32. The van der Waals surface area contributed by atoms with E-state index in [9.17, 15) is 17.6 Å². The van der Waals surface area contributed by atoms with Crippen molar-refractivity contribution in [2.75, 3.05) is 5.73 Å². The molecule has 0 aliphatic rings. The molecule has 0 heterocycles. The molecule has 1 nitrogen and oxygen atoms in total. The van der Waals surface area contributed by atoms with Gasteiger partial charge < -0.3 is 5.73 Å². The van der Waals surface area contributed by atoms with Crippen LogP contribution in [0.1, 0.15) is 5.56 Å². The normalized spacial score (nSPS) is 11.8. The highest BCUT2D eigenvalue weighted by molar-refractivity contribution is 9.10. The summed E-state index contributed by atoms with van der Waals surface area (Å²) in [6.07, 6.45) is -4.56. The third-order valence-corrected chi connectivity index (χ3v) is 2.24. The van der Waals surface area contributed by atoms with Gasteiger partial charge in [-0.15, -0.1) is 0 Å². The van der Waals surface area contributed by atoms with E-state index in [1.54, 1.807) is 0 Å². The van der Waals surface area contributed by atoms with Crippen molar-refractivity contribution in [3.63, 3.8) is 0 Å². The second kappa shape index (κ2) is 3.17. The Morgan fingerprint density at radius 1 is 1.23 bits per heavy atom. The molecule has 0 saturated carbocycles. The first-order chi connectivity index (χ1) is 5.84. The molecule has 0 atom stereocenters. The number of nitrogens with two attached hydrogens (primary N) is 1. The van der Waals surface area contributed by atoms with Gasteiger partial charge in [0, 0.05) is 0 Å². The highest BCUT2D eigenvalue weighted by Crippen LogP contribution is 2.37. The highest BCUT2D eigenvalue weighted by Gasteiger charge is 2.34. The minimum absolute atomic E-state index is 0.359. The number of alkyl halides is 3. The Morgan fingerprint density at radius 3 is 2.23 bits per heavy atom. The zero-order valence-corrected chi connectivity index (χ0v) is 7.71. The van der Waals surface area contributed by atoms with Gasteiger partial charge in [-0.2, -0.15) is 13.2 Å². The van der Waals surface area contributed by atoms with E-state index in [1.165, 1.54) is 0 Å². The van der Waals surface area contributed by atoms with Crippen LogP contribution in [0.15, 0.2) is 16.6 Å². The number of hydrogen-bond acceptors (Lipinski definition) is 1. The SMILES string of the molecule is Nc1c(C(F)(F)F)ccc(F)c1Br. The van der Waals surface area contributed by atoms with E-state index in [1.807, 2.05) is 0 Å². The van der Waals surface area contributed by atoms with E-state index in [0.29, 0.717) is 12.1 Å². The van der Waals surface area contributed by atoms with Gasteiger partial charge in [-0.1, -0.05) is 0 Å².